The van der Waals surface area contributed by atoms with Crippen LogP contribution in [0.2, 0.25) is 0 Å². The van der Waals surface area contributed by atoms with Crippen molar-refractivity contribution in [3.63, 3.8) is 0 Å². The second-order valence-corrected chi connectivity index (χ2v) is 14.0. The maximum Gasteiger partial charge on any atom is 0.408 e. The van der Waals surface area contributed by atoms with Crippen LogP contribution in [0, 0.1) is 10.1 Å². The number of epoxide rings is 1. The highest BCUT2D eigenvalue weighted by molar-refractivity contribution is 6.18. The topological polar surface area (TPSA) is 159 Å². The fourth-order valence-electron chi connectivity index (χ4n) is 4.64. The molecule has 2 amide bonds. The van der Waals surface area contributed by atoms with Gasteiger partial charge in [-0.15, -0.1) is 11.6 Å². The SMILES string of the molecule is CC(C)(C)OC(=O)N[C@@H](Cc1ccccc1)[C@@H]1CO1.CC(C)(C)OC(=O)N[C@@H](Cc1ccccc1)[C@H](CCl)OC(=O)c1ccc([N+](=O)[O-])cc1. The molecule has 270 valence electrons. The summed E-state index contributed by atoms with van der Waals surface area (Å²) in [5, 5.41) is 16.4. The predicted molar refractivity (Wildman–Crippen MR) is 189 cm³/mol. The number of nitro groups is 1. The highest BCUT2D eigenvalue weighted by Crippen LogP contribution is 2.20. The molecule has 12 nitrogen and oxygen atoms in total. The average Bonchev–Trinajstić information content (AvgIpc) is 3.88. The molecule has 0 saturated carbocycles. The maximum atomic E-state index is 12.6. The van der Waals surface area contributed by atoms with Crippen LogP contribution in [0.1, 0.15) is 63.0 Å². The van der Waals surface area contributed by atoms with Gasteiger partial charge < -0.3 is 29.6 Å². The second kappa shape index (κ2) is 18.4. The Morgan fingerprint density at radius 3 is 1.74 bits per heavy atom. The number of hydrogen-bond acceptors (Lipinski definition) is 9. The van der Waals surface area contributed by atoms with E-state index in [1.165, 1.54) is 29.8 Å². The van der Waals surface area contributed by atoms with Gasteiger partial charge in [0, 0.05) is 12.1 Å². The van der Waals surface area contributed by atoms with Crippen molar-refractivity contribution in [2.45, 2.75) is 89.9 Å². The quantitative estimate of drug-likeness (QED) is 0.0503. The number of benzene rings is 3. The molecule has 1 aliphatic heterocycles. The molecule has 4 atom stereocenters. The summed E-state index contributed by atoms with van der Waals surface area (Å²) in [5.74, 6) is -0.781. The Morgan fingerprint density at radius 1 is 0.820 bits per heavy atom. The van der Waals surface area contributed by atoms with Crippen molar-refractivity contribution in [2.24, 2.45) is 0 Å². The number of amides is 2. The fourth-order valence-corrected chi connectivity index (χ4v) is 4.92. The lowest BCUT2D eigenvalue weighted by atomic mass is 10.0. The van der Waals surface area contributed by atoms with Crippen molar-refractivity contribution in [1.29, 1.82) is 0 Å². The third-order valence-corrected chi connectivity index (χ3v) is 7.29. The molecule has 1 fully saturated rings. The number of alkyl halides is 1. The molecular weight excluding hydrogens is 666 g/mol. The van der Waals surface area contributed by atoms with Gasteiger partial charge in [-0.1, -0.05) is 60.7 Å². The van der Waals surface area contributed by atoms with Crippen molar-refractivity contribution in [2.75, 3.05) is 12.5 Å². The van der Waals surface area contributed by atoms with Crippen LogP contribution < -0.4 is 10.6 Å². The first kappa shape index (κ1) is 39.8. The zero-order valence-corrected chi connectivity index (χ0v) is 30.0. The third kappa shape index (κ3) is 14.8. The summed E-state index contributed by atoms with van der Waals surface area (Å²) in [6, 6.07) is 23.8. The highest BCUT2D eigenvalue weighted by atomic mass is 35.5. The summed E-state index contributed by atoms with van der Waals surface area (Å²) in [6.07, 6.45) is -0.695. The zero-order valence-electron chi connectivity index (χ0n) is 29.2. The molecule has 0 aromatic heterocycles. The molecule has 0 aliphatic carbocycles. The molecule has 2 N–H and O–H groups in total. The number of rotatable bonds is 12. The number of carbonyl (C=O) groups excluding carboxylic acids is 3. The van der Waals surface area contributed by atoms with Crippen LogP contribution in [0.4, 0.5) is 15.3 Å². The van der Waals surface area contributed by atoms with E-state index in [0.717, 1.165) is 12.0 Å². The molecule has 0 bridgehead atoms. The number of carbonyl (C=O) groups is 3. The Morgan fingerprint density at radius 2 is 1.30 bits per heavy atom. The van der Waals surface area contributed by atoms with Crippen molar-refractivity contribution in [1.82, 2.24) is 10.6 Å². The first-order valence-corrected chi connectivity index (χ1v) is 16.8. The molecule has 3 aromatic carbocycles. The summed E-state index contributed by atoms with van der Waals surface area (Å²) in [6.45, 7) is 11.5. The standard InChI is InChI=1S/C22H25ClN2O6.C15H21NO3/c1-22(2,3)31-21(27)24-18(13-15-7-5-4-6-8-15)19(14-23)30-20(26)16-9-11-17(12-10-16)25(28)29;1-15(2,3)19-14(17)16-12(13-10-18-13)9-11-7-5-4-6-8-11/h4-12,18-19H,13-14H2,1-3H3,(H,24,27);4-8,12-13H,9-10H2,1-3H3,(H,16,17)/t18-,19-;12-,13-/m00/s1. The fraction of sp³-hybridized carbons (Fsp3) is 0.432. The van der Waals surface area contributed by atoms with Crippen molar-refractivity contribution in [3.05, 3.63) is 112 Å². The first-order chi connectivity index (χ1) is 23.5. The number of esters is 1. The summed E-state index contributed by atoms with van der Waals surface area (Å²) in [4.78, 5) is 47.0. The summed E-state index contributed by atoms with van der Waals surface area (Å²) >= 11 is 6.08. The van der Waals surface area contributed by atoms with E-state index in [1.54, 1.807) is 20.8 Å². The van der Waals surface area contributed by atoms with Gasteiger partial charge in [0.15, 0.2) is 0 Å². The third-order valence-electron chi connectivity index (χ3n) is 6.98. The molecular formula is C37H46ClN3O9. The Balaban J connectivity index is 0.000000303. The number of alkyl carbamates (subject to hydrolysis) is 2. The number of nitrogens with one attached hydrogen (secondary N) is 2. The molecule has 0 spiro atoms. The monoisotopic (exact) mass is 711 g/mol. The van der Waals surface area contributed by atoms with Crippen LogP contribution in [-0.2, 0) is 31.8 Å². The molecule has 13 heteroatoms. The van der Waals surface area contributed by atoms with Crippen LogP contribution in [0.15, 0.2) is 84.9 Å². The number of nitro benzene ring substituents is 1. The van der Waals surface area contributed by atoms with E-state index in [2.05, 4.69) is 10.6 Å². The predicted octanol–water partition coefficient (Wildman–Crippen LogP) is 7.02. The number of non-ortho nitro benzene ring substituents is 1. The van der Waals surface area contributed by atoms with Gasteiger partial charge in [-0.3, -0.25) is 10.1 Å². The van der Waals surface area contributed by atoms with Crippen LogP contribution in [0.25, 0.3) is 0 Å². The Labute approximate surface area is 297 Å². The lowest BCUT2D eigenvalue weighted by Gasteiger charge is -2.28. The van der Waals surface area contributed by atoms with E-state index in [9.17, 15) is 24.5 Å². The van der Waals surface area contributed by atoms with E-state index < -0.39 is 40.3 Å². The molecule has 50 heavy (non-hydrogen) atoms. The van der Waals surface area contributed by atoms with Gasteiger partial charge in [-0.25, -0.2) is 14.4 Å². The summed E-state index contributed by atoms with van der Waals surface area (Å²) in [5.41, 5.74) is 0.901. The van der Waals surface area contributed by atoms with Gasteiger partial charge in [0.2, 0.25) is 0 Å². The number of ether oxygens (including phenoxy) is 4. The molecule has 1 heterocycles. The minimum Gasteiger partial charge on any atom is -0.455 e. The van der Waals surface area contributed by atoms with Crippen molar-refractivity contribution in [3.8, 4) is 0 Å². The number of nitrogens with zero attached hydrogens (tertiary/aromatic N) is 1. The van der Waals surface area contributed by atoms with E-state index in [0.29, 0.717) is 13.0 Å². The van der Waals surface area contributed by atoms with Crippen molar-refractivity contribution < 1.29 is 38.3 Å². The molecule has 3 aromatic rings. The zero-order chi connectivity index (χ0) is 36.9. The van der Waals surface area contributed by atoms with E-state index >= 15 is 0 Å². The molecule has 1 aliphatic rings. The first-order valence-electron chi connectivity index (χ1n) is 16.2. The Hall–Kier alpha value is -4.68. The number of hydrogen-bond donors (Lipinski definition) is 2. The van der Waals surface area contributed by atoms with Gasteiger partial charge in [-0.2, -0.15) is 0 Å². The Bertz CT molecular complexity index is 1540. The smallest absolute Gasteiger partial charge is 0.408 e. The number of halogens is 1. The van der Waals surface area contributed by atoms with Crippen molar-refractivity contribution >= 4 is 35.4 Å². The van der Waals surface area contributed by atoms with Gasteiger partial charge in [0.25, 0.3) is 5.69 Å². The minimum atomic E-state index is -0.864. The Kier molecular flexibility index (Phi) is 14.6. The highest BCUT2D eigenvalue weighted by Gasteiger charge is 2.35. The van der Waals surface area contributed by atoms with Crippen LogP contribution in [-0.4, -0.2) is 71.1 Å². The second-order valence-electron chi connectivity index (χ2n) is 13.7. The lowest BCUT2D eigenvalue weighted by molar-refractivity contribution is -0.384. The average molecular weight is 712 g/mol. The molecule has 1 saturated heterocycles. The van der Waals surface area contributed by atoms with E-state index in [4.69, 9.17) is 30.5 Å². The van der Waals surface area contributed by atoms with Gasteiger partial charge in [-0.05, 0) is 77.6 Å². The van der Waals surface area contributed by atoms with Crippen LogP contribution in [0.3, 0.4) is 0 Å². The molecule has 0 unspecified atom stereocenters. The van der Waals surface area contributed by atoms with Gasteiger partial charge >= 0.3 is 18.2 Å². The minimum absolute atomic E-state index is 0.0303. The lowest BCUT2D eigenvalue weighted by Crippen LogP contribution is -2.49. The summed E-state index contributed by atoms with van der Waals surface area (Å²) in [7, 11) is 0. The van der Waals surface area contributed by atoms with Crippen LogP contribution >= 0.6 is 11.6 Å². The van der Waals surface area contributed by atoms with Gasteiger partial charge in [0.05, 0.1) is 35.1 Å². The van der Waals surface area contributed by atoms with Gasteiger partial charge in [0.1, 0.15) is 23.4 Å². The maximum absolute atomic E-state index is 12.6. The van der Waals surface area contributed by atoms with Crippen LogP contribution in [0.5, 0.6) is 0 Å². The normalized spacial score (nSPS) is 15.5. The van der Waals surface area contributed by atoms with E-state index in [1.807, 2.05) is 81.4 Å². The largest absolute Gasteiger partial charge is 0.455 e. The molecule has 0 radical (unpaired) electrons. The summed E-state index contributed by atoms with van der Waals surface area (Å²) < 4.78 is 21.5. The van der Waals surface area contributed by atoms with E-state index in [-0.39, 0.29) is 35.4 Å². The molecule has 4 rings (SSSR count).